The van der Waals surface area contributed by atoms with Crippen LogP contribution in [0.15, 0.2) is 9.72 Å². The van der Waals surface area contributed by atoms with E-state index in [-0.39, 0.29) is 11.4 Å². The molecule has 0 aliphatic rings. The van der Waals surface area contributed by atoms with Crippen LogP contribution >= 0.6 is 23.1 Å². The van der Waals surface area contributed by atoms with Crippen LogP contribution in [0.4, 0.5) is 0 Å². The van der Waals surface area contributed by atoms with Gasteiger partial charge in [-0.15, -0.1) is 11.3 Å². The molecule has 1 aromatic rings. The van der Waals surface area contributed by atoms with Crippen molar-refractivity contribution in [3.8, 4) is 0 Å². The van der Waals surface area contributed by atoms with Gasteiger partial charge in [0.2, 0.25) is 0 Å². The average molecular weight is 217 g/mol. The van der Waals surface area contributed by atoms with Gasteiger partial charge in [0.25, 0.3) is 0 Å². The topological polar surface area (TPSA) is 33.1 Å². The lowest BCUT2D eigenvalue weighted by Gasteiger charge is -2.11. The third-order valence-corrected chi connectivity index (χ3v) is 4.18. The quantitative estimate of drug-likeness (QED) is 0.787. The molecule has 0 aromatic carbocycles. The second-order valence-corrected chi connectivity index (χ2v) is 5.50. The summed E-state index contributed by atoms with van der Waals surface area (Å²) in [5.74, 6) is 0. The minimum Gasteiger partial charge on any atom is -0.392 e. The molecule has 1 heterocycles. The van der Waals surface area contributed by atoms with Crippen LogP contribution in [-0.2, 0) is 6.42 Å². The molecule has 2 nitrogen and oxygen atoms in total. The smallest absolute Gasteiger partial charge is 0.150 e. The molecule has 0 radical (unpaired) electrons. The van der Waals surface area contributed by atoms with Crippen LogP contribution in [-0.4, -0.2) is 21.4 Å². The van der Waals surface area contributed by atoms with Gasteiger partial charge in [0, 0.05) is 10.6 Å². The van der Waals surface area contributed by atoms with Crippen molar-refractivity contribution in [1.29, 1.82) is 0 Å². The summed E-state index contributed by atoms with van der Waals surface area (Å²) in [7, 11) is 0. The van der Waals surface area contributed by atoms with Gasteiger partial charge in [-0.05, 0) is 13.3 Å². The number of aromatic nitrogens is 1. The van der Waals surface area contributed by atoms with Gasteiger partial charge in [-0.2, -0.15) is 0 Å². The highest BCUT2D eigenvalue weighted by Gasteiger charge is 2.12. The normalized spacial score (nSPS) is 15.7. The third-order valence-electron chi connectivity index (χ3n) is 1.86. The SMILES string of the molecule is CCc1csc(SC(C)C(C)O)n1. The van der Waals surface area contributed by atoms with Crippen LogP contribution in [0.25, 0.3) is 0 Å². The maximum absolute atomic E-state index is 9.30. The van der Waals surface area contributed by atoms with Crippen LogP contribution in [0.2, 0.25) is 0 Å². The van der Waals surface area contributed by atoms with E-state index in [9.17, 15) is 5.11 Å². The first-order chi connectivity index (χ1) is 6.13. The zero-order valence-electron chi connectivity index (χ0n) is 8.15. The largest absolute Gasteiger partial charge is 0.392 e. The van der Waals surface area contributed by atoms with Crippen LogP contribution in [0.5, 0.6) is 0 Å². The fourth-order valence-electron chi connectivity index (χ4n) is 0.762. The van der Waals surface area contributed by atoms with E-state index in [1.807, 2.05) is 13.8 Å². The molecule has 1 rings (SSSR count). The third kappa shape index (κ3) is 3.29. The predicted molar refractivity (Wildman–Crippen MR) is 58.5 cm³/mol. The van der Waals surface area contributed by atoms with Crippen LogP contribution in [0, 0.1) is 0 Å². The summed E-state index contributed by atoms with van der Waals surface area (Å²) < 4.78 is 1.06. The lowest BCUT2D eigenvalue weighted by Crippen LogP contribution is -2.14. The summed E-state index contributed by atoms with van der Waals surface area (Å²) in [5, 5.41) is 11.6. The van der Waals surface area contributed by atoms with Crippen molar-refractivity contribution in [2.45, 2.75) is 42.9 Å². The fourth-order valence-corrected chi connectivity index (χ4v) is 2.90. The van der Waals surface area contributed by atoms with Gasteiger partial charge in [-0.25, -0.2) is 4.98 Å². The minimum atomic E-state index is -0.279. The van der Waals surface area contributed by atoms with Gasteiger partial charge in [-0.1, -0.05) is 25.6 Å². The lowest BCUT2D eigenvalue weighted by molar-refractivity contribution is 0.196. The molecule has 1 N–H and O–H groups in total. The van der Waals surface area contributed by atoms with Crippen molar-refractivity contribution >= 4 is 23.1 Å². The van der Waals surface area contributed by atoms with Crippen LogP contribution in [0.3, 0.4) is 0 Å². The van der Waals surface area contributed by atoms with E-state index in [0.29, 0.717) is 0 Å². The van der Waals surface area contributed by atoms with E-state index in [0.717, 1.165) is 16.5 Å². The fraction of sp³-hybridized carbons (Fsp3) is 0.667. The molecule has 13 heavy (non-hydrogen) atoms. The van der Waals surface area contributed by atoms with Crippen molar-refractivity contribution in [2.75, 3.05) is 0 Å². The maximum atomic E-state index is 9.30. The number of thioether (sulfide) groups is 1. The van der Waals surface area contributed by atoms with E-state index < -0.39 is 0 Å². The molecule has 0 saturated heterocycles. The first-order valence-corrected chi connectivity index (χ1v) is 6.18. The van der Waals surface area contributed by atoms with E-state index in [1.165, 1.54) is 0 Å². The van der Waals surface area contributed by atoms with Gasteiger partial charge in [-0.3, -0.25) is 0 Å². The van der Waals surface area contributed by atoms with Gasteiger partial charge >= 0.3 is 0 Å². The zero-order valence-corrected chi connectivity index (χ0v) is 9.78. The molecule has 0 aliphatic carbocycles. The summed E-state index contributed by atoms with van der Waals surface area (Å²) in [6, 6.07) is 0. The molecule has 0 bridgehead atoms. The Kier molecular flexibility index (Phi) is 4.22. The number of rotatable bonds is 4. The highest BCUT2D eigenvalue weighted by atomic mass is 32.2. The number of aliphatic hydroxyl groups is 1. The molecule has 0 amide bonds. The molecule has 0 aliphatic heterocycles. The average Bonchev–Trinajstić information content (AvgIpc) is 2.52. The number of hydrogen-bond donors (Lipinski definition) is 1. The standard InChI is InChI=1S/C9H15NOS2/c1-4-8-5-12-9(10-8)13-7(3)6(2)11/h5-7,11H,4H2,1-3H3. The Hall–Kier alpha value is -0.0600. The minimum absolute atomic E-state index is 0.218. The molecule has 0 fully saturated rings. The summed E-state index contributed by atoms with van der Waals surface area (Å²) in [4.78, 5) is 4.42. The summed E-state index contributed by atoms with van der Waals surface area (Å²) in [5.41, 5.74) is 1.14. The second-order valence-electron chi connectivity index (χ2n) is 3.02. The maximum Gasteiger partial charge on any atom is 0.150 e. The number of nitrogens with zero attached hydrogens (tertiary/aromatic N) is 1. The van der Waals surface area contributed by atoms with Gasteiger partial charge < -0.3 is 5.11 Å². The first-order valence-electron chi connectivity index (χ1n) is 4.42. The Morgan fingerprint density at radius 3 is 2.77 bits per heavy atom. The van der Waals surface area contributed by atoms with Crippen LogP contribution in [0.1, 0.15) is 26.5 Å². The van der Waals surface area contributed by atoms with Crippen molar-refractivity contribution in [3.05, 3.63) is 11.1 Å². The highest BCUT2D eigenvalue weighted by Crippen LogP contribution is 2.28. The molecule has 2 atom stereocenters. The molecular formula is C9H15NOS2. The zero-order chi connectivity index (χ0) is 9.84. The Labute approximate surface area is 87.4 Å². The van der Waals surface area contributed by atoms with Gasteiger partial charge in [0.15, 0.2) is 0 Å². The Morgan fingerprint density at radius 2 is 2.31 bits per heavy atom. The van der Waals surface area contributed by atoms with E-state index in [4.69, 9.17) is 0 Å². The van der Waals surface area contributed by atoms with E-state index >= 15 is 0 Å². The van der Waals surface area contributed by atoms with E-state index in [2.05, 4.69) is 17.3 Å². The Morgan fingerprint density at radius 1 is 1.62 bits per heavy atom. The molecular weight excluding hydrogens is 202 g/mol. The van der Waals surface area contributed by atoms with Crippen molar-refractivity contribution in [2.24, 2.45) is 0 Å². The number of aliphatic hydroxyl groups excluding tert-OH is 1. The molecule has 1 aromatic heterocycles. The second kappa shape index (κ2) is 4.98. The van der Waals surface area contributed by atoms with E-state index in [1.54, 1.807) is 23.1 Å². The number of thiazole rings is 1. The summed E-state index contributed by atoms with van der Waals surface area (Å²) in [6.07, 6.45) is 0.708. The molecule has 0 saturated carbocycles. The predicted octanol–water partition coefficient (Wildman–Crippen LogP) is 2.57. The number of hydrogen-bond acceptors (Lipinski definition) is 4. The summed E-state index contributed by atoms with van der Waals surface area (Å²) in [6.45, 7) is 5.93. The Bertz CT molecular complexity index is 260. The monoisotopic (exact) mass is 217 g/mol. The Balaban J connectivity index is 2.53. The van der Waals surface area contributed by atoms with Crippen LogP contribution < -0.4 is 0 Å². The molecule has 2 unspecified atom stereocenters. The molecule has 4 heteroatoms. The first kappa shape index (κ1) is 11.0. The number of aryl methyl sites for hydroxylation is 1. The van der Waals surface area contributed by atoms with Crippen molar-refractivity contribution < 1.29 is 5.11 Å². The van der Waals surface area contributed by atoms with Crippen molar-refractivity contribution in [3.63, 3.8) is 0 Å². The van der Waals surface area contributed by atoms with Crippen molar-refractivity contribution in [1.82, 2.24) is 4.98 Å². The highest BCUT2D eigenvalue weighted by molar-refractivity contribution is 8.01. The lowest BCUT2D eigenvalue weighted by atomic mass is 10.3. The summed E-state index contributed by atoms with van der Waals surface area (Å²) >= 11 is 3.31. The van der Waals surface area contributed by atoms with Gasteiger partial charge in [0.1, 0.15) is 4.34 Å². The van der Waals surface area contributed by atoms with Gasteiger partial charge in [0.05, 0.1) is 11.8 Å². The molecule has 74 valence electrons. The molecule has 0 spiro atoms.